The highest BCUT2D eigenvalue weighted by Gasteiger charge is 2.06. The summed E-state index contributed by atoms with van der Waals surface area (Å²) in [6, 6.07) is 6.19. The fraction of sp³-hybridized carbons (Fsp3) is 0.154. The SMILES string of the molecule is CNC(=S)NN=C/C(=N/NC(=S)NC)c1ccc(C(=O)O)cc1. The van der Waals surface area contributed by atoms with Crippen molar-refractivity contribution in [2.45, 2.75) is 0 Å². The molecule has 0 unspecified atom stereocenters. The number of rotatable bonds is 5. The van der Waals surface area contributed by atoms with Crippen molar-refractivity contribution < 1.29 is 9.90 Å². The summed E-state index contributed by atoms with van der Waals surface area (Å²) in [5, 5.41) is 23.1. The van der Waals surface area contributed by atoms with E-state index in [4.69, 9.17) is 29.5 Å². The average Bonchev–Trinajstić information content (AvgIpc) is 2.57. The monoisotopic (exact) mass is 352 g/mol. The molecule has 0 amide bonds. The second kappa shape index (κ2) is 9.43. The Morgan fingerprint density at radius 1 is 1.04 bits per heavy atom. The Hall–Kier alpha value is -2.59. The Bertz CT molecular complexity index is 642. The van der Waals surface area contributed by atoms with E-state index in [9.17, 15) is 4.79 Å². The molecule has 23 heavy (non-hydrogen) atoms. The highest BCUT2D eigenvalue weighted by Crippen LogP contribution is 2.05. The fourth-order valence-corrected chi connectivity index (χ4v) is 1.42. The van der Waals surface area contributed by atoms with Crippen LogP contribution in [0.15, 0.2) is 34.5 Å². The minimum absolute atomic E-state index is 0.179. The maximum absolute atomic E-state index is 10.9. The molecule has 5 N–H and O–H groups in total. The molecule has 0 aliphatic carbocycles. The third kappa shape index (κ3) is 6.36. The largest absolute Gasteiger partial charge is 0.478 e. The van der Waals surface area contributed by atoms with Crippen LogP contribution >= 0.6 is 24.4 Å². The summed E-state index contributed by atoms with van der Waals surface area (Å²) in [6.45, 7) is 0. The van der Waals surface area contributed by atoms with E-state index >= 15 is 0 Å². The molecule has 0 radical (unpaired) electrons. The van der Waals surface area contributed by atoms with Crippen molar-refractivity contribution in [3.05, 3.63) is 35.4 Å². The lowest BCUT2D eigenvalue weighted by atomic mass is 10.1. The summed E-state index contributed by atoms with van der Waals surface area (Å²) >= 11 is 9.86. The zero-order chi connectivity index (χ0) is 17.2. The molecule has 0 aliphatic rings. The Morgan fingerprint density at radius 2 is 1.57 bits per heavy atom. The first-order valence-corrected chi connectivity index (χ1v) is 7.19. The molecular weight excluding hydrogens is 336 g/mol. The van der Waals surface area contributed by atoms with Gasteiger partial charge in [0.15, 0.2) is 10.2 Å². The number of nitrogens with one attached hydrogen (secondary N) is 4. The summed E-state index contributed by atoms with van der Waals surface area (Å²) in [7, 11) is 3.32. The van der Waals surface area contributed by atoms with Gasteiger partial charge in [-0.2, -0.15) is 10.2 Å². The lowest BCUT2D eigenvalue weighted by Crippen LogP contribution is -2.30. The fourth-order valence-electron chi connectivity index (χ4n) is 1.33. The van der Waals surface area contributed by atoms with Gasteiger partial charge in [0.1, 0.15) is 5.71 Å². The Balaban J connectivity index is 3.00. The Labute approximate surface area is 144 Å². The third-order valence-electron chi connectivity index (χ3n) is 2.51. The van der Waals surface area contributed by atoms with E-state index in [1.54, 1.807) is 26.2 Å². The number of benzene rings is 1. The van der Waals surface area contributed by atoms with Crippen LogP contribution in [0.5, 0.6) is 0 Å². The summed E-state index contributed by atoms with van der Waals surface area (Å²) in [5.41, 5.74) is 6.52. The number of hydrogen-bond donors (Lipinski definition) is 5. The van der Waals surface area contributed by atoms with Crippen molar-refractivity contribution >= 4 is 52.6 Å². The van der Waals surface area contributed by atoms with Gasteiger partial charge < -0.3 is 15.7 Å². The predicted molar refractivity (Wildman–Crippen MR) is 98.0 cm³/mol. The maximum Gasteiger partial charge on any atom is 0.335 e. The summed E-state index contributed by atoms with van der Waals surface area (Å²) < 4.78 is 0. The predicted octanol–water partition coefficient (Wildman–Crippen LogP) is 0.263. The van der Waals surface area contributed by atoms with Crippen molar-refractivity contribution in [2.24, 2.45) is 10.2 Å². The first kappa shape index (κ1) is 18.5. The van der Waals surface area contributed by atoms with Gasteiger partial charge in [0.2, 0.25) is 0 Å². The normalized spacial score (nSPS) is 11.0. The molecule has 0 aliphatic heterocycles. The molecular formula is C13H16N6O2S2. The van der Waals surface area contributed by atoms with Crippen LogP contribution in [-0.2, 0) is 0 Å². The first-order valence-electron chi connectivity index (χ1n) is 6.38. The van der Waals surface area contributed by atoms with Crippen molar-refractivity contribution in [3.63, 3.8) is 0 Å². The summed E-state index contributed by atoms with van der Waals surface area (Å²) in [4.78, 5) is 10.9. The van der Waals surface area contributed by atoms with Crippen LogP contribution in [0.25, 0.3) is 0 Å². The second-order valence-electron chi connectivity index (χ2n) is 4.02. The molecule has 0 saturated carbocycles. The zero-order valence-electron chi connectivity index (χ0n) is 12.5. The van der Waals surface area contributed by atoms with Gasteiger partial charge in [0, 0.05) is 19.7 Å². The van der Waals surface area contributed by atoms with Gasteiger partial charge >= 0.3 is 5.97 Å². The van der Waals surface area contributed by atoms with E-state index in [1.807, 2.05) is 0 Å². The summed E-state index contributed by atoms with van der Waals surface area (Å²) in [5.74, 6) is -1.00. The van der Waals surface area contributed by atoms with E-state index in [-0.39, 0.29) is 5.56 Å². The van der Waals surface area contributed by atoms with Crippen LogP contribution in [0.2, 0.25) is 0 Å². The number of carboxylic acids is 1. The molecule has 1 aromatic carbocycles. The number of hydrogen-bond acceptors (Lipinski definition) is 5. The first-order chi connectivity index (χ1) is 11.0. The van der Waals surface area contributed by atoms with Gasteiger partial charge in [0.05, 0.1) is 11.8 Å². The molecule has 10 heteroatoms. The van der Waals surface area contributed by atoms with E-state index in [0.29, 0.717) is 21.5 Å². The minimum Gasteiger partial charge on any atom is -0.478 e. The van der Waals surface area contributed by atoms with Gasteiger partial charge in [-0.05, 0) is 36.6 Å². The van der Waals surface area contributed by atoms with Crippen LogP contribution < -0.4 is 21.5 Å². The molecule has 0 atom stereocenters. The number of nitrogens with zero attached hydrogens (tertiary/aromatic N) is 2. The zero-order valence-corrected chi connectivity index (χ0v) is 14.1. The van der Waals surface area contributed by atoms with Crippen LogP contribution in [0, 0.1) is 0 Å². The van der Waals surface area contributed by atoms with Crippen LogP contribution in [0.3, 0.4) is 0 Å². The summed E-state index contributed by atoms with van der Waals surface area (Å²) in [6.07, 6.45) is 1.44. The number of carbonyl (C=O) groups is 1. The van der Waals surface area contributed by atoms with Gasteiger partial charge in [-0.15, -0.1) is 0 Å². The number of aromatic carboxylic acids is 1. The molecule has 122 valence electrons. The lowest BCUT2D eigenvalue weighted by molar-refractivity contribution is 0.0697. The second-order valence-corrected chi connectivity index (χ2v) is 4.84. The molecule has 0 aromatic heterocycles. The molecule has 0 heterocycles. The molecule has 0 saturated heterocycles. The average molecular weight is 352 g/mol. The molecule has 1 aromatic rings. The number of carboxylic acid groups (broad SMARTS) is 1. The molecule has 0 bridgehead atoms. The number of hydrazone groups is 2. The maximum atomic E-state index is 10.9. The Kier molecular flexibility index (Phi) is 7.57. The topological polar surface area (TPSA) is 110 Å². The lowest BCUT2D eigenvalue weighted by Gasteiger charge is -2.06. The van der Waals surface area contributed by atoms with Crippen molar-refractivity contribution in [1.29, 1.82) is 0 Å². The quantitative estimate of drug-likeness (QED) is 0.292. The van der Waals surface area contributed by atoms with Crippen molar-refractivity contribution in [2.75, 3.05) is 14.1 Å². The van der Waals surface area contributed by atoms with E-state index in [1.165, 1.54) is 18.3 Å². The highest BCUT2D eigenvalue weighted by atomic mass is 32.1. The van der Waals surface area contributed by atoms with E-state index in [0.717, 1.165) is 0 Å². The molecule has 0 fully saturated rings. The molecule has 0 spiro atoms. The van der Waals surface area contributed by atoms with Crippen molar-refractivity contribution in [3.8, 4) is 0 Å². The van der Waals surface area contributed by atoms with E-state index < -0.39 is 5.97 Å². The van der Waals surface area contributed by atoms with Crippen LogP contribution in [-0.4, -0.2) is 47.3 Å². The number of thiocarbonyl (C=S) groups is 2. The standard InChI is InChI=1S/C13H16N6O2S2/c1-14-12(22)18-16-7-10(17-19-13(23)15-2)8-3-5-9(6-4-8)11(20)21/h3-7H,1-2H3,(H,20,21)(H2,14,18,22)(H2,15,19,23)/b16-7?,17-10-. The van der Waals surface area contributed by atoms with Gasteiger partial charge in [-0.3, -0.25) is 10.9 Å². The minimum atomic E-state index is -1.00. The van der Waals surface area contributed by atoms with Gasteiger partial charge in [-0.1, -0.05) is 12.1 Å². The van der Waals surface area contributed by atoms with Crippen molar-refractivity contribution in [1.82, 2.24) is 21.5 Å². The smallest absolute Gasteiger partial charge is 0.335 e. The Morgan fingerprint density at radius 3 is 2.09 bits per heavy atom. The van der Waals surface area contributed by atoms with Crippen LogP contribution in [0.4, 0.5) is 0 Å². The van der Waals surface area contributed by atoms with Gasteiger partial charge in [-0.25, -0.2) is 4.79 Å². The van der Waals surface area contributed by atoms with E-state index in [2.05, 4.69) is 31.7 Å². The molecule has 8 nitrogen and oxygen atoms in total. The third-order valence-corrected chi connectivity index (χ3v) is 3.10. The molecule has 1 rings (SSSR count). The van der Waals surface area contributed by atoms with Gasteiger partial charge in [0.25, 0.3) is 0 Å². The highest BCUT2D eigenvalue weighted by molar-refractivity contribution is 7.80. The van der Waals surface area contributed by atoms with Crippen LogP contribution in [0.1, 0.15) is 15.9 Å².